The van der Waals surface area contributed by atoms with Crippen molar-refractivity contribution in [3.05, 3.63) is 82.4 Å². The van der Waals surface area contributed by atoms with Gasteiger partial charge < -0.3 is 15.0 Å². The number of aromatic nitrogens is 4. The molecular formula is C24H23Cl2N5O. The molecule has 4 rings (SSSR count). The molecule has 0 unspecified atom stereocenters. The quantitative estimate of drug-likeness (QED) is 0.268. The van der Waals surface area contributed by atoms with E-state index < -0.39 is 0 Å². The Balaban J connectivity index is 1.47. The van der Waals surface area contributed by atoms with Crippen molar-refractivity contribution in [2.24, 2.45) is 0 Å². The van der Waals surface area contributed by atoms with Gasteiger partial charge in [-0.2, -0.15) is 0 Å². The summed E-state index contributed by atoms with van der Waals surface area (Å²) in [6.45, 7) is 2.84. The Morgan fingerprint density at radius 3 is 2.66 bits per heavy atom. The molecule has 2 aromatic carbocycles. The van der Waals surface area contributed by atoms with Gasteiger partial charge in [0.15, 0.2) is 0 Å². The molecule has 8 heteroatoms. The van der Waals surface area contributed by atoms with Crippen molar-refractivity contribution in [1.82, 2.24) is 19.9 Å². The SMILES string of the molecule is CCCCOc1cccc(Nc2nccc(-c3cnc(Cc4c(Cl)cccc4Cl)[nH]3)n2)c1. The van der Waals surface area contributed by atoms with E-state index in [1.807, 2.05) is 48.5 Å². The van der Waals surface area contributed by atoms with Crippen molar-refractivity contribution in [1.29, 1.82) is 0 Å². The summed E-state index contributed by atoms with van der Waals surface area (Å²) < 4.78 is 5.77. The summed E-state index contributed by atoms with van der Waals surface area (Å²) in [7, 11) is 0. The maximum atomic E-state index is 6.28. The number of unbranched alkanes of at least 4 members (excludes halogenated alkanes) is 1. The lowest BCUT2D eigenvalue weighted by molar-refractivity contribution is 0.309. The summed E-state index contributed by atoms with van der Waals surface area (Å²) in [5, 5.41) is 4.47. The molecule has 0 spiro atoms. The highest BCUT2D eigenvalue weighted by atomic mass is 35.5. The van der Waals surface area contributed by atoms with Crippen LogP contribution in [0.3, 0.4) is 0 Å². The van der Waals surface area contributed by atoms with Crippen LogP contribution in [0.4, 0.5) is 11.6 Å². The summed E-state index contributed by atoms with van der Waals surface area (Å²) in [6.07, 6.45) is 6.07. The summed E-state index contributed by atoms with van der Waals surface area (Å²) >= 11 is 12.6. The van der Waals surface area contributed by atoms with Crippen LogP contribution < -0.4 is 10.1 Å². The van der Waals surface area contributed by atoms with E-state index in [4.69, 9.17) is 27.9 Å². The Morgan fingerprint density at radius 2 is 1.84 bits per heavy atom. The zero-order chi connectivity index (χ0) is 22.3. The van der Waals surface area contributed by atoms with Crippen molar-refractivity contribution < 1.29 is 4.74 Å². The number of anilines is 2. The van der Waals surface area contributed by atoms with E-state index in [0.29, 0.717) is 29.0 Å². The first-order valence-electron chi connectivity index (χ1n) is 10.4. The zero-order valence-corrected chi connectivity index (χ0v) is 19.1. The van der Waals surface area contributed by atoms with Gasteiger partial charge in [-0.15, -0.1) is 0 Å². The van der Waals surface area contributed by atoms with Crippen molar-refractivity contribution in [3.8, 4) is 17.1 Å². The molecule has 32 heavy (non-hydrogen) atoms. The van der Waals surface area contributed by atoms with Crippen molar-refractivity contribution in [3.63, 3.8) is 0 Å². The number of halogens is 2. The third-order valence-corrected chi connectivity index (χ3v) is 5.53. The third-order valence-electron chi connectivity index (χ3n) is 4.82. The van der Waals surface area contributed by atoms with Gasteiger partial charge in [0.2, 0.25) is 5.95 Å². The molecule has 4 aromatic rings. The molecule has 2 aromatic heterocycles. The first-order valence-corrected chi connectivity index (χ1v) is 11.2. The fraction of sp³-hybridized carbons (Fsp3) is 0.208. The second-order valence-electron chi connectivity index (χ2n) is 7.24. The van der Waals surface area contributed by atoms with Crippen LogP contribution in [0.15, 0.2) is 60.9 Å². The molecule has 0 radical (unpaired) electrons. The first-order chi connectivity index (χ1) is 15.6. The fourth-order valence-corrected chi connectivity index (χ4v) is 3.68. The van der Waals surface area contributed by atoms with Gasteiger partial charge >= 0.3 is 0 Å². The second kappa shape index (κ2) is 10.5. The Bertz CT molecular complexity index is 1170. The molecule has 0 bridgehead atoms. The highest BCUT2D eigenvalue weighted by Crippen LogP contribution is 2.27. The van der Waals surface area contributed by atoms with Gasteiger partial charge in [0, 0.05) is 34.4 Å². The number of rotatable bonds is 9. The lowest BCUT2D eigenvalue weighted by Crippen LogP contribution is -2.00. The molecule has 0 fully saturated rings. The number of nitrogens with zero attached hydrogens (tertiary/aromatic N) is 3. The van der Waals surface area contributed by atoms with Crippen LogP contribution in [0.5, 0.6) is 5.75 Å². The van der Waals surface area contributed by atoms with Gasteiger partial charge in [-0.1, -0.05) is 48.7 Å². The maximum Gasteiger partial charge on any atom is 0.227 e. The molecule has 0 aliphatic heterocycles. The minimum atomic E-state index is 0.485. The van der Waals surface area contributed by atoms with Crippen molar-refractivity contribution in [2.45, 2.75) is 26.2 Å². The summed E-state index contributed by atoms with van der Waals surface area (Å²) in [4.78, 5) is 16.7. The second-order valence-corrected chi connectivity index (χ2v) is 8.06. The van der Waals surface area contributed by atoms with Crippen molar-refractivity contribution >= 4 is 34.8 Å². The molecule has 0 aliphatic rings. The van der Waals surface area contributed by atoms with Gasteiger partial charge in [-0.25, -0.2) is 15.0 Å². The Morgan fingerprint density at radius 1 is 1.03 bits per heavy atom. The molecule has 0 saturated heterocycles. The Labute approximate surface area is 197 Å². The highest BCUT2D eigenvalue weighted by Gasteiger charge is 2.11. The molecule has 0 saturated carbocycles. The predicted molar refractivity (Wildman–Crippen MR) is 129 cm³/mol. The van der Waals surface area contributed by atoms with E-state index in [-0.39, 0.29) is 0 Å². The minimum absolute atomic E-state index is 0.485. The van der Waals surface area contributed by atoms with E-state index in [2.05, 4.69) is 32.2 Å². The Kier molecular flexibility index (Phi) is 7.24. The summed E-state index contributed by atoms with van der Waals surface area (Å²) in [6, 6.07) is 15.1. The highest BCUT2D eigenvalue weighted by molar-refractivity contribution is 6.36. The molecule has 0 atom stereocenters. The van der Waals surface area contributed by atoms with E-state index in [1.165, 1.54) is 0 Å². The van der Waals surface area contributed by atoms with Crippen LogP contribution in [0.2, 0.25) is 10.0 Å². The monoisotopic (exact) mass is 467 g/mol. The molecule has 0 amide bonds. The van der Waals surface area contributed by atoms with E-state index in [0.717, 1.165) is 47.1 Å². The molecule has 2 heterocycles. The predicted octanol–water partition coefficient (Wildman–Crippen LogP) is 6.69. The fourth-order valence-electron chi connectivity index (χ4n) is 3.15. The van der Waals surface area contributed by atoms with Gasteiger partial charge in [0.25, 0.3) is 0 Å². The van der Waals surface area contributed by atoms with Crippen LogP contribution in [0.25, 0.3) is 11.4 Å². The molecule has 164 valence electrons. The number of hydrogen-bond donors (Lipinski definition) is 2. The zero-order valence-electron chi connectivity index (χ0n) is 17.6. The average molecular weight is 468 g/mol. The minimum Gasteiger partial charge on any atom is -0.494 e. The van der Waals surface area contributed by atoms with Gasteiger partial charge in [-0.05, 0) is 42.3 Å². The maximum absolute atomic E-state index is 6.28. The van der Waals surface area contributed by atoms with Crippen LogP contribution in [0, 0.1) is 0 Å². The molecule has 0 aliphatic carbocycles. The molecule has 6 nitrogen and oxygen atoms in total. The van der Waals surface area contributed by atoms with E-state index in [1.54, 1.807) is 12.4 Å². The summed E-state index contributed by atoms with van der Waals surface area (Å²) in [5.74, 6) is 2.05. The first kappa shape index (κ1) is 22.1. The number of nitrogens with one attached hydrogen (secondary N) is 2. The number of aromatic amines is 1. The number of benzene rings is 2. The van der Waals surface area contributed by atoms with Crippen LogP contribution in [-0.2, 0) is 6.42 Å². The molecular weight excluding hydrogens is 445 g/mol. The number of hydrogen-bond acceptors (Lipinski definition) is 5. The van der Waals surface area contributed by atoms with Crippen LogP contribution in [0.1, 0.15) is 31.2 Å². The Hall–Kier alpha value is -3.09. The number of H-pyrrole nitrogens is 1. The van der Waals surface area contributed by atoms with Gasteiger partial charge in [-0.3, -0.25) is 0 Å². The lowest BCUT2D eigenvalue weighted by atomic mass is 10.1. The van der Waals surface area contributed by atoms with Gasteiger partial charge in [0.05, 0.1) is 24.2 Å². The largest absolute Gasteiger partial charge is 0.494 e. The van der Waals surface area contributed by atoms with E-state index >= 15 is 0 Å². The van der Waals surface area contributed by atoms with Gasteiger partial charge in [0.1, 0.15) is 11.6 Å². The normalized spacial score (nSPS) is 10.8. The topological polar surface area (TPSA) is 75.7 Å². The molecule has 2 N–H and O–H groups in total. The summed E-state index contributed by atoms with van der Waals surface area (Å²) in [5.41, 5.74) is 3.20. The average Bonchev–Trinajstić information content (AvgIpc) is 3.26. The smallest absolute Gasteiger partial charge is 0.227 e. The lowest BCUT2D eigenvalue weighted by Gasteiger charge is -2.09. The van der Waals surface area contributed by atoms with Crippen LogP contribution >= 0.6 is 23.2 Å². The van der Waals surface area contributed by atoms with Crippen molar-refractivity contribution in [2.75, 3.05) is 11.9 Å². The third kappa shape index (κ3) is 5.58. The number of ether oxygens (including phenoxy) is 1. The standard InChI is InChI=1S/C24H23Cl2N5O/c1-2-3-12-32-17-7-4-6-16(13-17)29-24-27-11-10-21(31-24)22-15-28-23(30-22)14-18-19(25)8-5-9-20(18)26/h4-11,13,15H,2-3,12,14H2,1H3,(H,28,30)(H,27,29,31). The number of imidazole rings is 1. The van der Waals surface area contributed by atoms with E-state index in [9.17, 15) is 0 Å². The van der Waals surface area contributed by atoms with Crippen LogP contribution in [-0.4, -0.2) is 26.5 Å².